The second-order valence-electron chi connectivity index (χ2n) is 7.54. The lowest BCUT2D eigenvalue weighted by molar-refractivity contribution is -0.173. The summed E-state index contributed by atoms with van der Waals surface area (Å²) >= 11 is 0. The molecule has 0 fully saturated rings. The molecule has 0 atom stereocenters. The molecule has 0 aliphatic rings. The van der Waals surface area contributed by atoms with Crippen LogP contribution in [0.1, 0.15) is 78.1 Å². The van der Waals surface area contributed by atoms with Crippen molar-refractivity contribution in [3.05, 3.63) is 0 Å². The number of carbonyl (C=O) groups is 4. The average Bonchev–Trinajstić information content (AvgIpc) is 2.78. The molecule has 0 aromatic heterocycles. The molecule has 0 aliphatic carbocycles. The van der Waals surface area contributed by atoms with Crippen molar-refractivity contribution in [2.45, 2.75) is 78.1 Å². The third-order valence-corrected chi connectivity index (χ3v) is 5.68. The van der Waals surface area contributed by atoms with Gasteiger partial charge in [-0.2, -0.15) is 0 Å². The normalized spacial score (nSPS) is 11.5. The van der Waals surface area contributed by atoms with Crippen molar-refractivity contribution < 1.29 is 38.1 Å². The maximum atomic E-state index is 12.5. The first-order chi connectivity index (χ1) is 14.3. The summed E-state index contributed by atoms with van der Waals surface area (Å²) in [5.41, 5.74) is -2.77. The quantitative estimate of drug-likeness (QED) is 0.168. The van der Waals surface area contributed by atoms with Gasteiger partial charge in [0.25, 0.3) is 0 Å². The van der Waals surface area contributed by atoms with Crippen molar-refractivity contribution >= 4 is 23.9 Å². The molecule has 0 saturated heterocycles. The van der Waals surface area contributed by atoms with Gasteiger partial charge in [0.15, 0.2) is 10.8 Å². The summed E-state index contributed by atoms with van der Waals surface area (Å²) in [4.78, 5) is 50.0. The van der Waals surface area contributed by atoms with Crippen LogP contribution in [0.25, 0.3) is 0 Å². The number of hydrogen-bond donors (Lipinski definition) is 0. The Labute approximate surface area is 180 Å². The molecule has 0 radical (unpaired) electrons. The van der Waals surface area contributed by atoms with E-state index < -0.39 is 34.7 Å². The molecule has 0 rings (SSSR count). The molecule has 0 aromatic carbocycles. The lowest BCUT2D eigenvalue weighted by Crippen LogP contribution is -2.42. The van der Waals surface area contributed by atoms with Crippen LogP contribution in [0.3, 0.4) is 0 Å². The number of unbranched alkanes of at least 4 members (excludes halogenated alkanes) is 3. The standard InChI is InChI=1S/C22H38O8/c1-7-9-13-21(17(23)27-3,18(24)28-4)15-11-12-16-22(14-10-8-2,19(25)29-5)20(26)30-6/h7-16H2,1-6H3. The van der Waals surface area contributed by atoms with Crippen molar-refractivity contribution in [3.8, 4) is 0 Å². The van der Waals surface area contributed by atoms with Crippen molar-refractivity contribution in [2.24, 2.45) is 10.8 Å². The Bertz CT molecular complexity index is 487. The van der Waals surface area contributed by atoms with E-state index in [-0.39, 0.29) is 12.8 Å². The maximum absolute atomic E-state index is 12.5. The lowest BCUT2D eigenvalue weighted by atomic mass is 9.75. The van der Waals surface area contributed by atoms with E-state index in [0.717, 1.165) is 12.8 Å². The largest absolute Gasteiger partial charge is 0.468 e. The summed E-state index contributed by atoms with van der Waals surface area (Å²) in [6, 6.07) is 0. The molecule has 0 saturated carbocycles. The SMILES string of the molecule is CCCCC(CCCCC(CCCC)(C(=O)OC)C(=O)OC)(C(=O)OC)C(=O)OC. The van der Waals surface area contributed by atoms with Crippen molar-refractivity contribution in [3.63, 3.8) is 0 Å². The molecule has 0 heterocycles. The monoisotopic (exact) mass is 430 g/mol. The highest BCUT2D eigenvalue weighted by atomic mass is 16.6. The van der Waals surface area contributed by atoms with Gasteiger partial charge in [-0.15, -0.1) is 0 Å². The van der Waals surface area contributed by atoms with E-state index in [1.807, 2.05) is 13.8 Å². The van der Waals surface area contributed by atoms with Gasteiger partial charge < -0.3 is 18.9 Å². The van der Waals surface area contributed by atoms with E-state index in [9.17, 15) is 19.2 Å². The number of hydrogen-bond acceptors (Lipinski definition) is 8. The molecule has 0 aliphatic heterocycles. The summed E-state index contributed by atoms with van der Waals surface area (Å²) in [5.74, 6) is -2.50. The lowest BCUT2D eigenvalue weighted by Gasteiger charge is -2.30. The van der Waals surface area contributed by atoms with Gasteiger partial charge in [-0.05, 0) is 25.7 Å². The van der Waals surface area contributed by atoms with Gasteiger partial charge in [0.2, 0.25) is 0 Å². The minimum atomic E-state index is -1.39. The van der Waals surface area contributed by atoms with Crippen LogP contribution in [-0.4, -0.2) is 52.3 Å². The first kappa shape index (κ1) is 27.9. The molecule has 0 amide bonds. The Morgan fingerprint density at radius 1 is 0.500 bits per heavy atom. The summed E-state index contributed by atoms with van der Waals surface area (Å²) in [6.07, 6.45) is 4.84. The van der Waals surface area contributed by atoms with Gasteiger partial charge in [-0.1, -0.05) is 52.4 Å². The summed E-state index contributed by atoms with van der Waals surface area (Å²) < 4.78 is 19.6. The average molecular weight is 431 g/mol. The van der Waals surface area contributed by atoms with Crippen LogP contribution in [0.15, 0.2) is 0 Å². The molecular weight excluding hydrogens is 392 g/mol. The predicted molar refractivity (Wildman–Crippen MR) is 110 cm³/mol. The third kappa shape index (κ3) is 6.71. The predicted octanol–water partition coefficient (Wildman–Crippen LogP) is 3.59. The van der Waals surface area contributed by atoms with Gasteiger partial charge >= 0.3 is 23.9 Å². The van der Waals surface area contributed by atoms with Crippen LogP contribution in [0.4, 0.5) is 0 Å². The summed E-state index contributed by atoms with van der Waals surface area (Å²) in [7, 11) is 4.99. The van der Waals surface area contributed by atoms with Crippen LogP contribution < -0.4 is 0 Å². The molecule has 0 N–H and O–H groups in total. The van der Waals surface area contributed by atoms with Crippen LogP contribution >= 0.6 is 0 Å². The first-order valence-corrected chi connectivity index (χ1v) is 10.6. The van der Waals surface area contributed by atoms with Crippen molar-refractivity contribution in [2.75, 3.05) is 28.4 Å². The van der Waals surface area contributed by atoms with Crippen LogP contribution in [0, 0.1) is 10.8 Å². The Balaban J connectivity index is 5.54. The van der Waals surface area contributed by atoms with Crippen LogP contribution in [-0.2, 0) is 38.1 Å². The number of ether oxygens (including phenoxy) is 4. The first-order valence-electron chi connectivity index (χ1n) is 10.6. The Morgan fingerprint density at radius 3 is 0.933 bits per heavy atom. The maximum Gasteiger partial charge on any atom is 0.323 e. The highest BCUT2D eigenvalue weighted by molar-refractivity contribution is 6.00. The summed E-state index contributed by atoms with van der Waals surface area (Å²) in [6.45, 7) is 3.93. The molecule has 0 unspecified atom stereocenters. The Morgan fingerprint density at radius 2 is 0.733 bits per heavy atom. The van der Waals surface area contributed by atoms with E-state index in [1.54, 1.807) is 0 Å². The summed E-state index contributed by atoms with van der Waals surface area (Å²) in [5, 5.41) is 0. The number of rotatable bonds is 15. The zero-order chi connectivity index (χ0) is 23.2. The van der Waals surface area contributed by atoms with E-state index in [2.05, 4.69) is 0 Å². The number of esters is 4. The van der Waals surface area contributed by atoms with Gasteiger partial charge in [-0.3, -0.25) is 19.2 Å². The molecule has 8 heteroatoms. The van der Waals surface area contributed by atoms with Crippen LogP contribution in [0.5, 0.6) is 0 Å². The van der Waals surface area contributed by atoms with Gasteiger partial charge in [0.05, 0.1) is 28.4 Å². The molecule has 30 heavy (non-hydrogen) atoms. The number of carbonyl (C=O) groups excluding carboxylic acids is 4. The van der Waals surface area contributed by atoms with Gasteiger partial charge in [-0.25, -0.2) is 0 Å². The molecule has 0 spiro atoms. The molecule has 0 bridgehead atoms. The highest BCUT2D eigenvalue weighted by Crippen LogP contribution is 2.38. The van der Waals surface area contributed by atoms with Gasteiger partial charge in [0.1, 0.15) is 0 Å². The fourth-order valence-corrected chi connectivity index (χ4v) is 3.83. The minimum Gasteiger partial charge on any atom is -0.468 e. The van der Waals surface area contributed by atoms with Crippen molar-refractivity contribution in [1.29, 1.82) is 0 Å². The molecule has 0 aromatic rings. The Kier molecular flexibility index (Phi) is 13.0. The minimum absolute atomic E-state index is 0.207. The topological polar surface area (TPSA) is 105 Å². The van der Waals surface area contributed by atoms with E-state index in [1.165, 1.54) is 28.4 Å². The van der Waals surface area contributed by atoms with Crippen LogP contribution in [0.2, 0.25) is 0 Å². The molecule has 174 valence electrons. The fourth-order valence-electron chi connectivity index (χ4n) is 3.83. The fraction of sp³-hybridized carbons (Fsp3) is 0.818. The zero-order valence-electron chi connectivity index (χ0n) is 19.3. The van der Waals surface area contributed by atoms with Gasteiger partial charge in [0, 0.05) is 0 Å². The van der Waals surface area contributed by atoms with E-state index in [0.29, 0.717) is 38.5 Å². The second kappa shape index (κ2) is 14.0. The smallest absolute Gasteiger partial charge is 0.323 e. The van der Waals surface area contributed by atoms with E-state index in [4.69, 9.17) is 18.9 Å². The van der Waals surface area contributed by atoms with E-state index >= 15 is 0 Å². The Hall–Kier alpha value is -2.12. The third-order valence-electron chi connectivity index (χ3n) is 5.68. The molecule has 8 nitrogen and oxygen atoms in total. The zero-order valence-corrected chi connectivity index (χ0v) is 19.3. The van der Waals surface area contributed by atoms with Crippen molar-refractivity contribution in [1.82, 2.24) is 0 Å². The number of methoxy groups -OCH3 is 4. The second-order valence-corrected chi connectivity index (χ2v) is 7.54. The highest BCUT2D eigenvalue weighted by Gasteiger charge is 2.49. The molecular formula is C22H38O8.